The maximum Gasteiger partial charge on any atom is 0.192 e. The summed E-state index contributed by atoms with van der Waals surface area (Å²) >= 11 is 0. The fourth-order valence-corrected chi connectivity index (χ4v) is 12.0. The average molecular weight is 545 g/mol. The molecule has 218 valence electrons. The van der Waals surface area contributed by atoms with Gasteiger partial charge in [0.25, 0.3) is 0 Å². The van der Waals surface area contributed by atoms with Gasteiger partial charge in [-0.15, -0.1) is 0 Å². The molecule has 38 heavy (non-hydrogen) atoms. The van der Waals surface area contributed by atoms with Gasteiger partial charge in [0.15, 0.2) is 8.32 Å². The van der Waals surface area contributed by atoms with Gasteiger partial charge in [-0.3, -0.25) is 0 Å². The lowest BCUT2D eigenvalue weighted by atomic mass is 9.58. The summed E-state index contributed by atoms with van der Waals surface area (Å²) in [4.78, 5) is 0. The highest BCUT2D eigenvalue weighted by Crippen LogP contribution is 2.61. The molecule has 3 saturated carbocycles. The van der Waals surface area contributed by atoms with Crippen molar-refractivity contribution < 1.29 is 14.6 Å². The minimum atomic E-state index is -1.58. The average Bonchev–Trinajstić information content (AvgIpc) is 3.20. The lowest BCUT2D eigenvalue weighted by Crippen LogP contribution is -2.44. The molecule has 0 saturated heterocycles. The molecule has 0 aliphatic heterocycles. The van der Waals surface area contributed by atoms with Crippen molar-refractivity contribution in [2.75, 3.05) is 0 Å². The zero-order valence-corrected chi connectivity index (χ0v) is 27.1. The van der Waals surface area contributed by atoms with E-state index in [-0.39, 0.29) is 5.60 Å². The third-order valence-corrected chi connectivity index (χ3v) is 15.9. The molecule has 3 aliphatic carbocycles. The van der Waals surface area contributed by atoms with Crippen LogP contribution in [0.15, 0.2) is 35.5 Å². The molecule has 0 unspecified atom stereocenters. The van der Waals surface area contributed by atoms with E-state index in [9.17, 15) is 10.2 Å². The van der Waals surface area contributed by atoms with Crippen LogP contribution in [0.3, 0.4) is 0 Å². The Morgan fingerprint density at radius 1 is 1.11 bits per heavy atom. The van der Waals surface area contributed by atoms with Gasteiger partial charge in [0, 0.05) is 6.42 Å². The summed E-state index contributed by atoms with van der Waals surface area (Å²) in [7, 11) is -1.58. The Morgan fingerprint density at radius 2 is 1.76 bits per heavy atom. The van der Waals surface area contributed by atoms with Crippen LogP contribution < -0.4 is 0 Å². The summed E-state index contributed by atoms with van der Waals surface area (Å²) in [5.74, 6) is 2.86. The zero-order valence-electron chi connectivity index (χ0n) is 26.1. The van der Waals surface area contributed by atoms with Crippen LogP contribution in [-0.2, 0) is 4.43 Å². The van der Waals surface area contributed by atoms with Crippen LogP contribution in [0, 0.1) is 29.1 Å². The molecule has 0 radical (unpaired) electrons. The molecule has 3 nitrogen and oxygen atoms in total. The SMILES string of the molecule is C=C1/C(=C\C=C2/C[C@@H](C)C[C@]3(C)[C@@H]([C@H](C)CCCC(C)(C)O[Si](CC)(CC)CC)CC[C@@H]23)C[C@@H](O)C[C@@H]1O. The van der Waals surface area contributed by atoms with E-state index < -0.39 is 20.5 Å². The Hall–Kier alpha value is -0.683. The van der Waals surface area contributed by atoms with E-state index in [2.05, 4.69) is 74.1 Å². The van der Waals surface area contributed by atoms with Crippen LogP contribution in [0.25, 0.3) is 0 Å². The summed E-state index contributed by atoms with van der Waals surface area (Å²) < 4.78 is 6.90. The molecular formula is C34H60O3Si. The van der Waals surface area contributed by atoms with Gasteiger partial charge in [0.05, 0.1) is 17.8 Å². The molecule has 7 atom stereocenters. The van der Waals surface area contributed by atoms with Gasteiger partial charge in [-0.1, -0.05) is 78.7 Å². The minimum Gasteiger partial charge on any atom is -0.412 e. The largest absolute Gasteiger partial charge is 0.412 e. The van der Waals surface area contributed by atoms with E-state index in [1.165, 1.54) is 56.7 Å². The number of hydrogen-bond acceptors (Lipinski definition) is 3. The third-order valence-electron chi connectivity index (χ3n) is 11.0. The normalized spacial score (nSPS) is 35.6. The molecule has 0 aromatic heterocycles. The van der Waals surface area contributed by atoms with Crippen LogP contribution in [0.4, 0.5) is 0 Å². The second kappa shape index (κ2) is 12.9. The van der Waals surface area contributed by atoms with Crippen molar-refractivity contribution in [2.24, 2.45) is 29.1 Å². The van der Waals surface area contributed by atoms with Crippen molar-refractivity contribution in [2.45, 2.75) is 149 Å². The predicted octanol–water partition coefficient (Wildman–Crippen LogP) is 8.98. The minimum absolute atomic E-state index is 0.0108. The first-order valence-corrected chi connectivity index (χ1v) is 18.5. The second-order valence-electron chi connectivity index (χ2n) is 14.3. The standard InChI is InChI=1S/C34H60O3Si/c1-10-38(11-2,12-3)37-33(7,8)19-13-14-25(5)30-17-18-31-28(20-24(4)23-34(30,31)9)16-15-27-21-29(35)22-32(36)26(27)6/h15-16,24-25,29-32,35-36H,6,10-14,17-23H2,1-5,7-9H3/b27-15-,28-16+/t24-,25-,29-,30-,31+,32+,34-/m1/s1. The quantitative estimate of drug-likeness (QED) is 0.255. The highest BCUT2D eigenvalue weighted by molar-refractivity contribution is 6.73. The van der Waals surface area contributed by atoms with Crippen molar-refractivity contribution in [3.8, 4) is 0 Å². The molecule has 0 amide bonds. The van der Waals surface area contributed by atoms with Crippen molar-refractivity contribution in [1.82, 2.24) is 0 Å². The molecule has 0 spiro atoms. The Morgan fingerprint density at radius 3 is 2.39 bits per heavy atom. The summed E-state index contributed by atoms with van der Waals surface area (Å²) in [6.07, 6.45) is 13.3. The molecule has 0 aromatic rings. The van der Waals surface area contributed by atoms with Gasteiger partial charge < -0.3 is 14.6 Å². The van der Waals surface area contributed by atoms with E-state index in [1.54, 1.807) is 5.57 Å². The summed E-state index contributed by atoms with van der Waals surface area (Å²) in [6.45, 7) is 23.3. The maximum atomic E-state index is 10.3. The Bertz CT molecular complexity index is 861. The first-order chi connectivity index (χ1) is 17.8. The first-order valence-electron chi connectivity index (χ1n) is 15.9. The Labute approximate surface area is 236 Å². The number of hydrogen-bond donors (Lipinski definition) is 2. The monoisotopic (exact) mass is 544 g/mol. The van der Waals surface area contributed by atoms with Crippen molar-refractivity contribution in [3.05, 3.63) is 35.5 Å². The van der Waals surface area contributed by atoms with E-state index >= 15 is 0 Å². The van der Waals surface area contributed by atoms with Gasteiger partial charge in [0.1, 0.15) is 0 Å². The molecule has 4 heteroatoms. The third kappa shape index (κ3) is 7.14. The molecule has 3 rings (SSSR count). The van der Waals surface area contributed by atoms with Gasteiger partial charge in [0.2, 0.25) is 0 Å². The van der Waals surface area contributed by atoms with E-state index in [0.29, 0.717) is 30.1 Å². The van der Waals surface area contributed by atoms with Gasteiger partial charge in [-0.25, -0.2) is 0 Å². The number of aliphatic hydroxyl groups excluding tert-OH is 2. The number of allylic oxidation sites excluding steroid dienone is 3. The first kappa shape index (κ1) is 31.8. The summed E-state index contributed by atoms with van der Waals surface area (Å²) in [5, 5.41) is 20.5. The molecular weight excluding hydrogens is 484 g/mol. The van der Waals surface area contributed by atoms with E-state index in [1.807, 2.05) is 0 Å². The van der Waals surface area contributed by atoms with Gasteiger partial charge in [-0.05, 0) is 111 Å². The number of fused-ring (bicyclic) bond motifs is 1. The van der Waals surface area contributed by atoms with Crippen LogP contribution in [0.1, 0.15) is 113 Å². The van der Waals surface area contributed by atoms with Gasteiger partial charge >= 0.3 is 0 Å². The second-order valence-corrected chi connectivity index (χ2v) is 19.0. The summed E-state index contributed by atoms with van der Waals surface area (Å²) in [6, 6.07) is 3.67. The van der Waals surface area contributed by atoms with Crippen LogP contribution >= 0.6 is 0 Å². The lowest BCUT2D eigenvalue weighted by Gasteiger charge is -2.47. The maximum absolute atomic E-state index is 10.3. The lowest BCUT2D eigenvalue weighted by molar-refractivity contribution is 0.0606. The molecule has 3 fully saturated rings. The highest BCUT2D eigenvalue weighted by atomic mass is 28.4. The van der Waals surface area contributed by atoms with E-state index in [4.69, 9.17) is 4.43 Å². The zero-order chi connectivity index (χ0) is 28.3. The molecule has 2 N–H and O–H groups in total. The van der Waals surface area contributed by atoms with Crippen molar-refractivity contribution >= 4 is 8.32 Å². The van der Waals surface area contributed by atoms with Crippen molar-refractivity contribution in [3.63, 3.8) is 0 Å². The van der Waals surface area contributed by atoms with Crippen LogP contribution in [0.2, 0.25) is 18.1 Å². The van der Waals surface area contributed by atoms with Crippen molar-refractivity contribution in [1.29, 1.82) is 0 Å². The topological polar surface area (TPSA) is 49.7 Å². The molecule has 3 aliphatic rings. The summed E-state index contributed by atoms with van der Waals surface area (Å²) in [5.41, 5.74) is 3.76. The van der Waals surface area contributed by atoms with Crippen LogP contribution in [-0.4, -0.2) is 36.3 Å². The highest BCUT2D eigenvalue weighted by Gasteiger charge is 2.52. The molecule has 0 aromatic carbocycles. The Balaban J connectivity index is 1.66. The smallest absolute Gasteiger partial charge is 0.192 e. The Kier molecular flexibility index (Phi) is 10.8. The van der Waals surface area contributed by atoms with Crippen LogP contribution in [0.5, 0.6) is 0 Å². The fourth-order valence-electron chi connectivity index (χ4n) is 8.77. The molecule has 0 heterocycles. The fraction of sp³-hybridized carbons (Fsp3) is 0.824. The van der Waals surface area contributed by atoms with Gasteiger partial charge in [-0.2, -0.15) is 0 Å². The number of aliphatic hydroxyl groups is 2. The van der Waals surface area contributed by atoms with E-state index in [0.717, 1.165) is 29.4 Å². The number of rotatable bonds is 11. The predicted molar refractivity (Wildman–Crippen MR) is 165 cm³/mol. The molecule has 0 bridgehead atoms.